The lowest BCUT2D eigenvalue weighted by molar-refractivity contribution is -0.385. The molecule has 13 nitrogen and oxygen atoms in total. The van der Waals surface area contributed by atoms with E-state index in [0.717, 1.165) is 23.8 Å². The topological polar surface area (TPSA) is 183 Å². The van der Waals surface area contributed by atoms with Gasteiger partial charge in [0.1, 0.15) is 10.9 Å². The van der Waals surface area contributed by atoms with E-state index in [4.69, 9.17) is 8.92 Å². The number of ether oxygens (including phenoxy) is 1. The molecule has 0 saturated carbocycles. The molecule has 0 aliphatic heterocycles. The molecule has 1 atom stereocenters. The van der Waals surface area contributed by atoms with Gasteiger partial charge in [-0.1, -0.05) is 37.6 Å². The van der Waals surface area contributed by atoms with Gasteiger partial charge in [-0.25, -0.2) is 13.8 Å². The van der Waals surface area contributed by atoms with E-state index in [0.29, 0.717) is 5.56 Å². The maximum Gasteiger partial charge on any atom is 0.339 e. The van der Waals surface area contributed by atoms with Crippen molar-refractivity contribution < 1.29 is 35.5 Å². The van der Waals surface area contributed by atoms with Crippen LogP contribution in [-0.4, -0.2) is 47.0 Å². The van der Waals surface area contributed by atoms with Crippen molar-refractivity contribution in [2.75, 3.05) is 7.11 Å². The average molecular weight is 605 g/mol. The highest BCUT2D eigenvalue weighted by Crippen LogP contribution is 2.31. The van der Waals surface area contributed by atoms with Crippen molar-refractivity contribution >= 4 is 38.0 Å². The van der Waals surface area contributed by atoms with Crippen LogP contribution >= 0.6 is 0 Å². The molecular weight excluding hydrogens is 576 g/mol. The van der Waals surface area contributed by atoms with Gasteiger partial charge in [0, 0.05) is 12.1 Å². The number of hydrogen-bond acceptors (Lipinski definition) is 10. The van der Waals surface area contributed by atoms with E-state index >= 15 is 0 Å². The zero-order valence-corrected chi connectivity index (χ0v) is 24.1. The summed E-state index contributed by atoms with van der Waals surface area (Å²) in [5.74, 6) is -1.29. The molecule has 0 saturated heterocycles. The van der Waals surface area contributed by atoms with Crippen LogP contribution in [0.15, 0.2) is 81.6 Å². The number of carbonyl (C=O) groups excluding carboxylic acids is 1. The van der Waals surface area contributed by atoms with Gasteiger partial charge in [0.15, 0.2) is 11.5 Å². The Morgan fingerprint density at radius 1 is 0.976 bits per heavy atom. The standard InChI is InChI=1S/C26H28N4O9S2/c1-17(2)25(29-40(34,35)21-11-8-18(3)9-12-21)26(31)28-27-16-19-10-13-23(24(14-19)38-4)39-41(36,37)22-7-5-6-20(15-22)30(32)33/h5-17,25,29H,1-4H3,(H,28,31)/b27-16-/t25-/m0/s1. The predicted octanol–water partition coefficient (Wildman–Crippen LogP) is 3.13. The number of hydrogen-bond donors (Lipinski definition) is 2. The van der Waals surface area contributed by atoms with Crippen molar-refractivity contribution in [2.45, 2.75) is 36.6 Å². The lowest BCUT2D eigenvalue weighted by atomic mass is 10.1. The fraction of sp³-hybridized carbons (Fsp3) is 0.231. The van der Waals surface area contributed by atoms with Crippen LogP contribution in [0.1, 0.15) is 25.0 Å². The number of nitrogens with one attached hydrogen (secondary N) is 2. The summed E-state index contributed by atoms with van der Waals surface area (Å²) >= 11 is 0. The number of non-ortho nitro benzene ring substituents is 1. The third kappa shape index (κ3) is 8.09. The van der Waals surface area contributed by atoms with E-state index in [-0.39, 0.29) is 16.4 Å². The Kier molecular flexibility index (Phi) is 9.80. The number of sulfonamides is 1. The molecular formula is C26H28N4O9S2. The zero-order valence-electron chi connectivity index (χ0n) is 22.5. The van der Waals surface area contributed by atoms with Crippen molar-refractivity contribution in [3.63, 3.8) is 0 Å². The lowest BCUT2D eigenvalue weighted by Gasteiger charge is -2.20. The Labute approximate surface area is 237 Å². The number of rotatable bonds is 12. The SMILES string of the molecule is COc1cc(/C=N\NC(=O)[C@@H](NS(=O)(=O)c2ccc(C)cc2)C(C)C)ccc1OS(=O)(=O)c1cccc([N+](=O)[O-])c1. The maximum atomic E-state index is 12.8. The molecule has 2 N–H and O–H groups in total. The molecule has 0 radical (unpaired) electrons. The van der Waals surface area contributed by atoms with E-state index in [2.05, 4.69) is 15.2 Å². The van der Waals surface area contributed by atoms with E-state index in [9.17, 15) is 31.7 Å². The second-order valence-corrected chi connectivity index (χ2v) is 12.4. The van der Waals surface area contributed by atoms with Crippen LogP contribution in [0.4, 0.5) is 5.69 Å². The number of benzene rings is 3. The third-order valence-corrected chi connectivity index (χ3v) is 8.34. The number of amides is 1. The highest BCUT2D eigenvalue weighted by molar-refractivity contribution is 7.89. The highest BCUT2D eigenvalue weighted by atomic mass is 32.2. The molecule has 0 bridgehead atoms. The Balaban J connectivity index is 1.72. The fourth-order valence-electron chi connectivity index (χ4n) is 3.44. The second kappa shape index (κ2) is 12.9. The number of nitro benzene ring substituents is 1. The summed E-state index contributed by atoms with van der Waals surface area (Å²) in [5.41, 5.74) is 3.15. The number of nitrogens with zero attached hydrogens (tertiary/aromatic N) is 2. The van der Waals surface area contributed by atoms with Gasteiger partial charge < -0.3 is 8.92 Å². The van der Waals surface area contributed by atoms with Crippen molar-refractivity contribution in [2.24, 2.45) is 11.0 Å². The predicted molar refractivity (Wildman–Crippen MR) is 150 cm³/mol. The molecule has 1 amide bonds. The summed E-state index contributed by atoms with van der Waals surface area (Å²) in [4.78, 5) is 22.6. The number of methoxy groups -OCH3 is 1. The third-order valence-electron chi connectivity index (χ3n) is 5.66. The van der Waals surface area contributed by atoms with Gasteiger partial charge in [-0.05, 0) is 54.8 Å². The molecule has 0 aliphatic carbocycles. The number of aryl methyl sites for hydroxylation is 1. The molecule has 41 heavy (non-hydrogen) atoms. The molecule has 0 aliphatic rings. The largest absolute Gasteiger partial charge is 0.493 e. The number of carbonyl (C=O) groups is 1. The van der Waals surface area contributed by atoms with Crippen molar-refractivity contribution in [3.8, 4) is 11.5 Å². The number of hydrazone groups is 1. The van der Waals surface area contributed by atoms with Gasteiger partial charge in [-0.3, -0.25) is 14.9 Å². The van der Waals surface area contributed by atoms with E-state index in [1.165, 1.54) is 49.7 Å². The van der Waals surface area contributed by atoms with E-state index < -0.39 is 53.5 Å². The summed E-state index contributed by atoms with van der Waals surface area (Å²) in [7, 11) is -7.13. The monoisotopic (exact) mass is 604 g/mol. The fourth-order valence-corrected chi connectivity index (χ4v) is 5.76. The smallest absolute Gasteiger partial charge is 0.339 e. The second-order valence-electron chi connectivity index (χ2n) is 9.09. The summed E-state index contributed by atoms with van der Waals surface area (Å²) in [6.07, 6.45) is 1.24. The van der Waals surface area contributed by atoms with Gasteiger partial charge in [-0.2, -0.15) is 18.2 Å². The van der Waals surface area contributed by atoms with Crippen LogP contribution in [0.3, 0.4) is 0 Å². The Hall–Kier alpha value is -4.34. The molecule has 3 aromatic rings. The summed E-state index contributed by atoms with van der Waals surface area (Å²) in [6, 6.07) is 13.6. The number of nitro groups is 1. The van der Waals surface area contributed by atoms with Crippen LogP contribution in [0.2, 0.25) is 0 Å². The first kappa shape index (κ1) is 31.2. The van der Waals surface area contributed by atoms with Crippen LogP contribution < -0.4 is 19.1 Å². The quantitative estimate of drug-likeness (QED) is 0.136. The molecule has 3 aromatic carbocycles. The molecule has 0 spiro atoms. The minimum absolute atomic E-state index is 0.000183. The van der Waals surface area contributed by atoms with Gasteiger partial charge in [0.2, 0.25) is 10.0 Å². The summed E-state index contributed by atoms with van der Waals surface area (Å²) < 4.78 is 63.6. The Morgan fingerprint density at radius 3 is 2.27 bits per heavy atom. The molecule has 3 rings (SSSR count). The molecule has 0 heterocycles. The summed E-state index contributed by atoms with van der Waals surface area (Å²) in [6.45, 7) is 5.18. The molecule has 0 fully saturated rings. The van der Waals surface area contributed by atoms with Crippen LogP contribution in [0.25, 0.3) is 0 Å². The van der Waals surface area contributed by atoms with Crippen molar-refractivity contribution in [1.29, 1.82) is 0 Å². The average Bonchev–Trinajstić information content (AvgIpc) is 2.92. The van der Waals surface area contributed by atoms with Gasteiger partial charge >= 0.3 is 10.1 Å². The van der Waals surface area contributed by atoms with Crippen molar-refractivity contribution in [1.82, 2.24) is 10.1 Å². The minimum Gasteiger partial charge on any atom is -0.493 e. The normalized spacial score (nSPS) is 12.7. The Morgan fingerprint density at radius 2 is 1.66 bits per heavy atom. The molecule has 0 unspecified atom stereocenters. The van der Waals surface area contributed by atoms with Crippen LogP contribution in [0.5, 0.6) is 11.5 Å². The molecule has 0 aromatic heterocycles. The molecule has 218 valence electrons. The van der Waals surface area contributed by atoms with Gasteiger partial charge in [0.25, 0.3) is 11.6 Å². The van der Waals surface area contributed by atoms with Gasteiger partial charge in [0.05, 0.1) is 23.1 Å². The van der Waals surface area contributed by atoms with Crippen LogP contribution in [0, 0.1) is 23.0 Å². The van der Waals surface area contributed by atoms with E-state index in [1.807, 2.05) is 6.92 Å². The first-order chi connectivity index (χ1) is 19.2. The highest BCUT2D eigenvalue weighted by Gasteiger charge is 2.28. The first-order valence-electron chi connectivity index (χ1n) is 12.0. The molecule has 15 heteroatoms. The van der Waals surface area contributed by atoms with Gasteiger partial charge in [-0.15, -0.1) is 0 Å². The minimum atomic E-state index is -4.43. The zero-order chi connectivity index (χ0) is 30.4. The summed E-state index contributed by atoms with van der Waals surface area (Å²) in [5, 5.41) is 14.9. The first-order valence-corrected chi connectivity index (χ1v) is 14.9. The van der Waals surface area contributed by atoms with Crippen LogP contribution in [-0.2, 0) is 24.9 Å². The Bertz CT molecular complexity index is 1670. The maximum absolute atomic E-state index is 12.8. The van der Waals surface area contributed by atoms with Crippen molar-refractivity contribution in [3.05, 3.63) is 88.0 Å². The lowest BCUT2D eigenvalue weighted by Crippen LogP contribution is -2.48. The van der Waals surface area contributed by atoms with E-state index in [1.54, 1.807) is 26.0 Å².